The van der Waals surface area contributed by atoms with Crippen molar-refractivity contribution in [2.24, 2.45) is 0 Å². The zero-order valence-electron chi connectivity index (χ0n) is 21.2. The molecule has 37 heavy (non-hydrogen) atoms. The average Bonchev–Trinajstić information content (AvgIpc) is 3.32. The third-order valence-corrected chi connectivity index (χ3v) is 6.85. The van der Waals surface area contributed by atoms with Crippen LogP contribution in [0.25, 0.3) is 16.7 Å². The molecular formula is C27H34N6O4. The molecule has 3 aromatic rings. The van der Waals surface area contributed by atoms with Gasteiger partial charge in [0.05, 0.1) is 17.6 Å². The van der Waals surface area contributed by atoms with Crippen LogP contribution in [0.2, 0.25) is 0 Å². The second kappa shape index (κ2) is 10.9. The quantitative estimate of drug-likeness (QED) is 0.330. The maximum atomic E-state index is 13.1. The summed E-state index contributed by atoms with van der Waals surface area (Å²) in [6.45, 7) is 4.47. The molecule has 1 aliphatic carbocycles. The third-order valence-electron chi connectivity index (χ3n) is 6.85. The predicted octanol–water partition coefficient (Wildman–Crippen LogP) is 1.76. The van der Waals surface area contributed by atoms with E-state index in [1.54, 1.807) is 10.9 Å². The number of pyridine rings is 1. The number of carbonyl (C=O) groups is 2. The normalized spacial score (nSPS) is 20.9. The van der Waals surface area contributed by atoms with Crippen LogP contribution in [0.15, 0.2) is 42.7 Å². The molecule has 196 valence electrons. The first-order chi connectivity index (χ1) is 17.9. The van der Waals surface area contributed by atoms with Gasteiger partial charge >= 0.3 is 0 Å². The number of rotatable bonds is 10. The smallest absolute Gasteiger partial charge is 0.251 e. The molecule has 1 saturated heterocycles. The Labute approximate surface area is 215 Å². The Morgan fingerprint density at radius 3 is 2.86 bits per heavy atom. The number of aliphatic hydroxyl groups excluding tert-OH is 1. The Morgan fingerprint density at radius 1 is 1.30 bits per heavy atom. The van der Waals surface area contributed by atoms with Gasteiger partial charge in [-0.25, -0.2) is 9.67 Å². The molecule has 10 heteroatoms. The molecule has 0 spiro atoms. The molecule has 4 N–H and O–H groups in total. The standard InChI is InChI=1S/C27H34N6O4/c1-3-5-20(25(34)27(36)30-17-7-8-17)32-26(35)22-13-18(15-28-22)37-23-14-24(33-11-4-10-29-33)31-21-12-16(2)6-9-19(21)23/h4,6,9-12,14,17-18,20,22,25,28,34H,3,5,7-8,13,15H2,1-2H3,(H,30,36)(H,32,35)/t18-,20+,22+,25+/m1/s1. The van der Waals surface area contributed by atoms with E-state index >= 15 is 0 Å². The van der Waals surface area contributed by atoms with Gasteiger partial charge in [0, 0.05) is 42.9 Å². The Morgan fingerprint density at radius 2 is 2.14 bits per heavy atom. The molecule has 2 aromatic heterocycles. The molecule has 2 fully saturated rings. The number of amides is 2. The van der Waals surface area contributed by atoms with Crippen molar-refractivity contribution in [3.63, 3.8) is 0 Å². The van der Waals surface area contributed by atoms with Gasteiger partial charge in [0.2, 0.25) is 5.91 Å². The molecule has 1 saturated carbocycles. The van der Waals surface area contributed by atoms with Gasteiger partial charge in [0.1, 0.15) is 11.9 Å². The van der Waals surface area contributed by atoms with Gasteiger partial charge in [0.25, 0.3) is 5.91 Å². The van der Waals surface area contributed by atoms with Crippen molar-refractivity contribution in [3.05, 3.63) is 48.3 Å². The number of aryl methyl sites for hydroxylation is 1. The monoisotopic (exact) mass is 506 g/mol. The van der Waals surface area contributed by atoms with Crippen LogP contribution in [0.5, 0.6) is 5.75 Å². The number of nitrogens with zero attached hydrogens (tertiary/aromatic N) is 3. The summed E-state index contributed by atoms with van der Waals surface area (Å²) in [5.41, 5.74) is 1.90. The predicted molar refractivity (Wildman–Crippen MR) is 138 cm³/mol. The van der Waals surface area contributed by atoms with Gasteiger partial charge in [-0.15, -0.1) is 0 Å². The van der Waals surface area contributed by atoms with Crippen molar-refractivity contribution in [2.45, 2.75) is 76.3 Å². The summed E-state index contributed by atoms with van der Waals surface area (Å²) in [5.74, 6) is 0.670. The fourth-order valence-electron chi connectivity index (χ4n) is 4.69. The minimum absolute atomic E-state index is 0.150. The first kappa shape index (κ1) is 25.2. The van der Waals surface area contributed by atoms with Gasteiger partial charge in [-0.3, -0.25) is 9.59 Å². The fraction of sp³-hybridized carbons (Fsp3) is 0.481. The molecule has 2 amide bonds. The lowest BCUT2D eigenvalue weighted by Gasteiger charge is -2.24. The Hall–Kier alpha value is -3.50. The van der Waals surface area contributed by atoms with Gasteiger partial charge < -0.3 is 25.8 Å². The number of ether oxygens (including phenoxy) is 1. The number of hydrogen-bond acceptors (Lipinski definition) is 7. The van der Waals surface area contributed by atoms with Crippen LogP contribution in [0.4, 0.5) is 0 Å². The van der Waals surface area contributed by atoms with E-state index in [9.17, 15) is 14.7 Å². The Bertz CT molecular complexity index is 1260. The molecule has 2 aliphatic rings. The highest BCUT2D eigenvalue weighted by atomic mass is 16.5. The summed E-state index contributed by atoms with van der Waals surface area (Å²) in [6, 6.07) is 8.76. The van der Waals surface area contributed by atoms with E-state index < -0.39 is 24.1 Å². The molecule has 3 heterocycles. The van der Waals surface area contributed by atoms with Gasteiger partial charge in [-0.1, -0.05) is 19.4 Å². The van der Waals surface area contributed by atoms with Crippen molar-refractivity contribution >= 4 is 22.7 Å². The number of benzene rings is 1. The molecule has 10 nitrogen and oxygen atoms in total. The van der Waals surface area contributed by atoms with Crippen LogP contribution in [0, 0.1) is 6.92 Å². The maximum absolute atomic E-state index is 13.1. The lowest BCUT2D eigenvalue weighted by atomic mass is 10.0. The largest absolute Gasteiger partial charge is 0.488 e. The topological polar surface area (TPSA) is 130 Å². The van der Waals surface area contributed by atoms with E-state index in [4.69, 9.17) is 9.72 Å². The van der Waals surface area contributed by atoms with Gasteiger partial charge in [0.15, 0.2) is 11.9 Å². The minimum atomic E-state index is -1.27. The summed E-state index contributed by atoms with van der Waals surface area (Å²) in [5, 5.41) is 24.7. The van der Waals surface area contributed by atoms with E-state index in [1.165, 1.54) is 0 Å². The lowest BCUT2D eigenvalue weighted by molar-refractivity contribution is -0.132. The summed E-state index contributed by atoms with van der Waals surface area (Å²) in [7, 11) is 0. The van der Waals surface area contributed by atoms with Gasteiger partial charge in [-0.2, -0.15) is 5.10 Å². The number of aliphatic hydroxyl groups is 1. The average molecular weight is 507 g/mol. The van der Waals surface area contributed by atoms with Crippen LogP contribution in [-0.2, 0) is 9.59 Å². The van der Waals surface area contributed by atoms with Crippen LogP contribution in [0.1, 0.15) is 44.6 Å². The van der Waals surface area contributed by atoms with Gasteiger partial charge in [-0.05, 0) is 49.9 Å². The fourth-order valence-corrected chi connectivity index (χ4v) is 4.69. The summed E-state index contributed by atoms with van der Waals surface area (Å²) >= 11 is 0. The molecule has 0 bridgehead atoms. The Balaban J connectivity index is 1.26. The highest BCUT2D eigenvalue weighted by Gasteiger charge is 2.35. The number of carbonyl (C=O) groups excluding carboxylic acids is 2. The van der Waals surface area contributed by atoms with E-state index in [0.717, 1.165) is 35.7 Å². The second-order valence-corrected chi connectivity index (χ2v) is 10.0. The van der Waals surface area contributed by atoms with Crippen molar-refractivity contribution in [1.29, 1.82) is 0 Å². The van der Waals surface area contributed by atoms with Crippen LogP contribution < -0.4 is 20.7 Å². The summed E-state index contributed by atoms with van der Waals surface area (Å²) in [4.78, 5) is 30.1. The zero-order valence-corrected chi connectivity index (χ0v) is 21.2. The molecule has 0 unspecified atom stereocenters. The number of hydrogen-bond donors (Lipinski definition) is 4. The summed E-state index contributed by atoms with van der Waals surface area (Å²) < 4.78 is 8.09. The Kier molecular flexibility index (Phi) is 7.38. The highest BCUT2D eigenvalue weighted by molar-refractivity contribution is 5.87. The van der Waals surface area contributed by atoms with Crippen molar-refractivity contribution < 1.29 is 19.4 Å². The first-order valence-electron chi connectivity index (χ1n) is 13.0. The van der Waals surface area contributed by atoms with Crippen molar-refractivity contribution in [2.75, 3.05) is 6.54 Å². The highest BCUT2D eigenvalue weighted by Crippen LogP contribution is 2.30. The van der Waals surface area contributed by atoms with E-state index in [2.05, 4.69) is 21.0 Å². The van der Waals surface area contributed by atoms with Crippen molar-refractivity contribution in [3.8, 4) is 11.6 Å². The molecule has 1 aliphatic heterocycles. The number of aromatic nitrogens is 3. The van der Waals surface area contributed by atoms with E-state index in [0.29, 0.717) is 31.0 Å². The molecular weight excluding hydrogens is 472 g/mol. The second-order valence-electron chi connectivity index (χ2n) is 10.0. The van der Waals surface area contributed by atoms with Crippen LogP contribution in [0.3, 0.4) is 0 Å². The number of fused-ring (bicyclic) bond motifs is 1. The summed E-state index contributed by atoms with van der Waals surface area (Å²) in [6.07, 6.45) is 5.60. The number of nitrogens with one attached hydrogen (secondary N) is 3. The SMILES string of the molecule is CCC[C@H](NC(=O)[C@@H]1C[C@@H](Oc2cc(-n3cccn3)nc3cc(C)ccc23)CN1)[C@H](O)C(=O)NC1CC1. The van der Waals surface area contributed by atoms with E-state index in [-0.39, 0.29) is 18.1 Å². The lowest BCUT2D eigenvalue weighted by Crippen LogP contribution is -2.54. The molecule has 4 atom stereocenters. The maximum Gasteiger partial charge on any atom is 0.251 e. The first-order valence-corrected chi connectivity index (χ1v) is 13.0. The van der Waals surface area contributed by atoms with E-state index in [1.807, 2.05) is 50.4 Å². The minimum Gasteiger partial charge on any atom is -0.488 e. The molecule has 1 aromatic carbocycles. The zero-order chi connectivity index (χ0) is 25.9. The van der Waals surface area contributed by atoms with Crippen molar-refractivity contribution in [1.82, 2.24) is 30.7 Å². The van der Waals surface area contributed by atoms with Crippen LogP contribution in [-0.4, -0.2) is 68.6 Å². The molecule has 5 rings (SSSR count). The molecule has 0 radical (unpaired) electrons. The third kappa shape index (κ3) is 5.91. The van der Waals surface area contributed by atoms with Crippen LogP contribution >= 0.6 is 0 Å².